The summed E-state index contributed by atoms with van der Waals surface area (Å²) in [7, 11) is 1.65. The number of carbonyl (C=O) groups is 1. The van der Waals surface area contributed by atoms with Crippen molar-refractivity contribution in [3.05, 3.63) is 24.3 Å². The maximum atomic E-state index is 11.9. The molecule has 0 spiro atoms. The largest absolute Gasteiger partial charge is 0.497 e. The zero-order valence-electron chi connectivity index (χ0n) is 13.1. The third-order valence-electron chi connectivity index (χ3n) is 3.06. The topological polar surface area (TPSA) is 64.3 Å². The first-order valence-corrected chi connectivity index (χ1v) is 8.30. The summed E-state index contributed by atoms with van der Waals surface area (Å²) in [6.45, 7) is 4.76. The van der Waals surface area contributed by atoms with Crippen LogP contribution in [0.1, 0.15) is 26.7 Å². The number of nitrogens with one attached hydrogen (secondary N) is 1. The van der Waals surface area contributed by atoms with Crippen molar-refractivity contribution in [2.45, 2.75) is 37.6 Å². The van der Waals surface area contributed by atoms with Crippen LogP contribution in [0.15, 0.2) is 29.2 Å². The van der Waals surface area contributed by atoms with Gasteiger partial charge in [-0.3, -0.25) is 4.79 Å². The van der Waals surface area contributed by atoms with Crippen molar-refractivity contribution in [1.82, 2.24) is 5.32 Å². The van der Waals surface area contributed by atoms with Gasteiger partial charge in [-0.05, 0) is 36.6 Å². The molecule has 1 aromatic carbocycles. The van der Waals surface area contributed by atoms with Gasteiger partial charge in [0.25, 0.3) is 0 Å². The maximum Gasteiger partial charge on any atom is 0.221 e. The van der Waals surface area contributed by atoms with Crippen LogP contribution < -0.4 is 15.8 Å². The SMILES string of the molecule is COc1ccc(SCCC(=O)NC(CN)CC(C)C)cc1. The van der Waals surface area contributed by atoms with Crippen molar-refractivity contribution in [1.29, 1.82) is 0 Å². The van der Waals surface area contributed by atoms with Crippen LogP contribution in [0.25, 0.3) is 0 Å². The number of carbonyl (C=O) groups excluding carboxylic acids is 1. The Kier molecular flexibility index (Phi) is 8.23. The lowest BCUT2D eigenvalue weighted by Gasteiger charge is -2.18. The van der Waals surface area contributed by atoms with Crippen molar-refractivity contribution < 1.29 is 9.53 Å². The second-order valence-corrected chi connectivity index (χ2v) is 6.57. The lowest BCUT2D eigenvalue weighted by Crippen LogP contribution is -2.41. The molecule has 1 aromatic rings. The quantitative estimate of drug-likeness (QED) is 0.688. The Bertz CT molecular complexity index is 421. The highest BCUT2D eigenvalue weighted by Crippen LogP contribution is 2.21. The van der Waals surface area contributed by atoms with E-state index in [4.69, 9.17) is 10.5 Å². The molecule has 1 amide bonds. The van der Waals surface area contributed by atoms with Gasteiger partial charge in [-0.2, -0.15) is 0 Å². The molecule has 0 saturated carbocycles. The predicted molar refractivity (Wildman–Crippen MR) is 88.8 cm³/mol. The van der Waals surface area contributed by atoms with E-state index in [9.17, 15) is 4.79 Å². The predicted octanol–water partition coefficient (Wildman–Crippen LogP) is 2.67. The first-order chi connectivity index (χ1) is 10.0. The van der Waals surface area contributed by atoms with Gasteiger partial charge in [0, 0.05) is 29.7 Å². The Morgan fingerprint density at radius 1 is 1.33 bits per heavy atom. The maximum absolute atomic E-state index is 11.9. The monoisotopic (exact) mass is 310 g/mol. The standard InChI is InChI=1S/C16H26N2O2S/c1-12(2)10-13(11-17)18-16(19)8-9-21-15-6-4-14(20-3)5-7-15/h4-7,12-13H,8-11,17H2,1-3H3,(H,18,19). The van der Waals surface area contributed by atoms with E-state index in [0.717, 1.165) is 22.8 Å². The van der Waals surface area contributed by atoms with Crippen LogP contribution in [-0.2, 0) is 4.79 Å². The van der Waals surface area contributed by atoms with Gasteiger partial charge in [-0.25, -0.2) is 0 Å². The molecule has 0 aliphatic rings. The average molecular weight is 310 g/mol. The van der Waals surface area contributed by atoms with Crippen LogP contribution in [0.4, 0.5) is 0 Å². The number of benzene rings is 1. The van der Waals surface area contributed by atoms with E-state index in [0.29, 0.717) is 18.9 Å². The minimum atomic E-state index is 0.0760. The molecule has 0 aromatic heterocycles. The number of amides is 1. The first kappa shape index (κ1) is 17.9. The van der Waals surface area contributed by atoms with Crippen LogP contribution in [0, 0.1) is 5.92 Å². The van der Waals surface area contributed by atoms with Crippen LogP contribution >= 0.6 is 11.8 Å². The van der Waals surface area contributed by atoms with Crippen LogP contribution in [0.5, 0.6) is 5.75 Å². The Balaban J connectivity index is 2.28. The number of hydrogen-bond donors (Lipinski definition) is 2. The van der Waals surface area contributed by atoms with E-state index in [2.05, 4.69) is 19.2 Å². The minimum Gasteiger partial charge on any atom is -0.497 e. The van der Waals surface area contributed by atoms with Crippen molar-refractivity contribution in [2.24, 2.45) is 11.7 Å². The molecule has 1 atom stereocenters. The summed E-state index contributed by atoms with van der Waals surface area (Å²) in [6.07, 6.45) is 1.43. The van der Waals surface area contributed by atoms with Gasteiger partial charge in [0.15, 0.2) is 0 Å². The summed E-state index contributed by atoms with van der Waals surface area (Å²) in [4.78, 5) is 13.0. The van der Waals surface area contributed by atoms with Crippen LogP contribution in [-0.4, -0.2) is 31.4 Å². The molecule has 0 aliphatic heterocycles. The smallest absolute Gasteiger partial charge is 0.221 e. The van der Waals surface area contributed by atoms with Gasteiger partial charge in [0.2, 0.25) is 5.91 Å². The highest BCUT2D eigenvalue weighted by molar-refractivity contribution is 7.99. The van der Waals surface area contributed by atoms with Crippen LogP contribution in [0.3, 0.4) is 0 Å². The van der Waals surface area contributed by atoms with Gasteiger partial charge in [-0.1, -0.05) is 13.8 Å². The van der Waals surface area contributed by atoms with Crippen molar-refractivity contribution in [2.75, 3.05) is 19.4 Å². The molecular weight excluding hydrogens is 284 g/mol. The van der Waals surface area contributed by atoms with Crippen molar-refractivity contribution >= 4 is 17.7 Å². The van der Waals surface area contributed by atoms with Crippen LogP contribution in [0.2, 0.25) is 0 Å². The molecule has 0 saturated heterocycles. The third kappa shape index (κ3) is 7.39. The number of methoxy groups -OCH3 is 1. The summed E-state index contributed by atoms with van der Waals surface area (Å²) in [5, 5.41) is 3.01. The fourth-order valence-corrected chi connectivity index (χ4v) is 2.87. The van der Waals surface area contributed by atoms with Gasteiger partial charge in [-0.15, -0.1) is 11.8 Å². The molecule has 0 radical (unpaired) electrons. The summed E-state index contributed by atoms with van der Waals surface area (Å²) in [5.41, 5.74) is 5.68. The number of thioether (sulfide) groups is 1. The molecule has 0 aliphatic carbocycles. The minimum absolute atomic E-state index is 0.0760. The summed E-state index contributed by atoms with van der Waals surface area (Å²) in [5.74, 6) is 2.22. The Morgan fingerprint density at radius 2 is 2.00 bits per heavy atom. The van der Waals surface area contributed by atoms with Crippen molar-refractivity contribution in [3.63, 3.8) is 0 Å². The Labute approximate surface area is 131 Å². The molecule has 0 fully saturated rings. The summed E-state index contributed by atoms with van der Waals surface area (Å²) < 4.78 is 5.11. The zero-order valence-corrected chi connectivity index (χ0v) is 13.9. The molecule has 0 heterocycles. The van der Waals surface area contributed by atoms with Gasteiger partial charge in [0.1, 0.15) is 5.75 Å². The van der Waals surface area contributed by atoms with E-state index < -0.39 is 0 Å². The van der Waals surface area contributed by atoms with Gasteiger partial charge < -0.3 is 15.8 Å². The molecule has 5 heteroatoms. The van der Waals surface area contributed by atoms with E-state index in [1.807, 2.05) is 24.3 Å². The fourth-order valence-electron chi connectivity index (χ4n) is 2.02. The summed E-state index contributed by atoms with van der Waals surface area (Å²) in [6, 6.07) is 7.94. The molecule has 0 bridgehead atoms. The Morgan fingerprint density at radius 3 is 2.52 bits per heavy atom. The van der Waals surface area contributed by atoms with Crippen molar-refractivity contribution in [3.8, 4) is 5.75 Å². The zero-order chi connectivity index (χ0) is 15.7. The van der Waals surface area contributed by atoms with E-state index in [1.165, 1.54) is 0 Å². The molecule has 3 N–H and O–H groups in total. The normalized spacial score (nSPS) is 12.2. The highest BCUT2D eigenvalue weighted by Gasteiger charge is 2.12. The number of ether oxygens (including phenoxy) is 1. The molecule has 118 valence electrons. The third-order valence-corrected chi connectivity index (χ3v) is 4.08. The average Bonchev–Trinajstić information content (AvgIpc) is 2.46. The van der Waals surface area contributed by atoms with Gasteiger partial charge >= 0.3 is 0 Å². The number of nitrogens with two attached hydrogens (primary N) is 1. The lowest BCUT2D eigenvalue weighted by molar-refractivity contribution is -0.121. The highest BCUT2D eigenvalue weighted by atomic mass is 32.2. The summed E-state index contributed by atoms with van der Waals surface area (Å²) >= 11 is 1.67. The molecule has 4 nitrogen and oxygen atoms in total. The first-order valence-electron chi connectivity index (χ1n) is 7.31. The van der Waals surface area contributed by atoms with Gasteiger partial charge in [0.05, 0.1) is 7.11 Å². The fraction of sp³-hybridized carbons (Fsp3) is 0.562. The van der Waals surface area contributed by atoms with E-state index in [1.54, 1.807) is 18.9 Å². The second-order valence-electron chi connectivity index (χ2n) is 5.40. The molecule has 21 heavy (non-hydrogen) atoms. The van der Waals surface area contributed by atoms with E-state index >= 15 is 0 Å². The molecule has 1 rings (SSSR count). The number of rotatable bonds is 9. The van der Waals surface area contributed by atoms with E-state index in [-0.39, 0.29) is 11.9 Å². The lowest BCUT2D eigenvalue weighted by atomic mass is 10.0. The second kappa shape index (κ2) is 9.68. The number of hydrogen-bond acceptors (Lipinski definition) is 4. The molecule has 1 unspecified atom stereocenters. The Hall–Kier alpha value is -1.20. The molecular formula is C16H26N2O2S.